The topological polar surface area (TPSA) is 55.6 Å². The minimum Gasteiger partial charge on any atom is -0.449 e. The summed E-state index contributed by atoms with van der Waals surface area (Å²) in [5.74, 6) is 1.26. The average Bonchev–Trinajstić information content (AvgIpc) is 2.56. The molecule has 0 bridgehead atoms. The number of nitrogen functional groups attached to an aromatic ring is 1. The Labute approximate surface area is 142 Å². The third kappa shape index (κ3) is 3.00. The summed E-state index contributed by atoms with van der Waals surface area (Å²) in [6, 6.07) is 13.5. The highest BCUT2D eigenvalue weighted by atomic mass is 16.5. The minimum absolute atomic E-state index is 0.136. The third-order valence-corrected chi connectivity index (χ3v) is 4.17. The number of nitrogens with two attached hydrogens (primary N) is 1. The molecular formula is C20H22N2O2. The van der Waals surface area contributed by atoms with E-state index >= 15 is 0 Å². The molecular weight excluding hydrogens is 300 g/mol. The van der Waals surface area contributed by atoms with Gasteiger partial charge in [-0.25, -0.2) is 0 Å². The number of benzene rings is 2. The molecule has 1 aliphatic heterocycles. The predicted octanol–water partition coefficient (Wildman–Crippen LogP) is 4.18. The molecule has 0 unspecified atom stereocenters. The Kier molecular flexibility index (Phi) is 4.30. The maximum Gasteiger partial charge on any atom is 0.294 e. The second-order valence-corrected chi connectivity index (χ2v) is 6.21. The Hall–Kier alpha value is -2.75. The van der Waals surface area contributed by atoms with Gasteiger partial charge in [-0.2, -0.15) is 0 Å². The van der Waals surface area contributed by atoms with E-state index in [-0.39, 0.29) is 5.91 Å². The van der Waals surface area contributed by atoms with Crippen molar-refractivity contribution < 1.29 is 9.53 Å². The van der Waals surface area contributed by atoms with Crippen molar-refractivity contribution in [3.8, 4) is 5.75 Å². The first-order chi connectivity index (χ1) is 11.5. The first kappa shape index (κ1) is 16.1. The van der Waals surface area contributed by atoms with Crippen molar-refractivity contribution in [1.82, 2.24) is 0 Å². The SMILES string of the molecule is CCN1C(=O)/C(=C\c2ccc(C(C)C)cc2)Oc2cc(N)ccc21. The van der Waals surface area contributed by atoms with E-state index in [1.807, 2.05) is 25.1 Å². The van der Waals surface area contributed by atoms with Crippen molar-refractivity contribution in [1.29, 1.82) is 0 Å². The highest BCUT2D eigenvalue weighted by Crippen LogP contribution is 2.37. The van der Waals surface area contributed by atoms with Crippen LogP contribution in [0.4, 0.5) is 11.4 Å². The quantitative estimate of drug-likeness (QED) is 0.681. The second kappa shape index (κ2) is 6.40. The van der Waals surface area contributed by atoms with Gasteiger partial charge in [0.1, 0.15) is 0 Å². The number of carbonyl (C=O) groups excluding carboxylic acids is 1. The van der Waals surface area contributed by atoms with E-state index in [4.69, 9.17) is 10.5 Å². The van der Waals surface area contributed by atoms with Gasteiger partial charge in [0.2, 0.25) is 0 Å². The number of likely N-dealkylation sites (N-methyl/N-ethyl adjacent to an activating group) is 1. The third-order valence-electron chi connectivity index (χ3n) is 4.17. The Morgan fingerprint density at radius 3 is 2.50 bits per heavy atom. The lowest BCUT2D eigenvalue weighted by Crippen LogP contribution is -2.37. The van der Waals surface area contributed by atoms with Gasteiger partial charge < -0.3 is 15.4 Å². The zero-order valence-electron chi connectivity index (χ0n) is 14.2. The second-order valence-electron chi connectivity index (χ2n) is 6.21. The molecule has 0 spiro atoms. The summed E-state index contributed by atoms with van der Waals surface area (Å²) in [6.45, 7) is 6.82. The largest absolute Gasteiger partial charge is 0.449 e. The molecule has 0 saturated carbocycles. The molecule has 0 radical (unpaired) electrons. The molecule has 4 heteroatoms. The number of rotatable bonds is 3. The highest BCUT2D eigenvalue weighted by molar-refractivity contribution is 6.10. The summed E-state index contributed by atoms with van der Waals surface area (Å²) in [6.07, 6.45) is 1.78. The standard InChI is InChI=1S/C20H22N2O2/c1-4-22-17-10-9-16(21)12-18(17)24-19(20(22)23)11-14-5-7-15(8-6-14)13(2)3/h5-13H,4,21H2,1-3H3/b19-11+. The van der Waals surface area contributed by atoms with Gasteiger partial charge >= 0.3 is 0 Å². The molecule has 1 aliphatic rings. The monoisotopic (exact) mass is 322 g/mol. The smallest absolute Gasteiger partial charge is 0.294 e. The van der Waals surface area contributed by atoms with Crippen LogP contribution in [0.25, 0.3) is 6.08 Å². The number of anilines is 2. The van der Waals surface area contributed by atoms with Gasteiger partial charge in [0, 0.05) is 18.3 Å². The van der Waals surface area contributed by atoms with Crippen LogP contribution in [0.15, 0.2) is 48.2 Å². The average molecular weight is 322 g/mol. The first-order valence-corrected chi connectivity index (χ1v) is 8.20. The van der Waals surface area contributed by atoms with Gasteiger partial charge in [-0.1, -0.05) is 38.1 Å². The van der Waals surface area contributed by atoms with Gasteiger partial charge in [-0.3, -0.25) is 4.79 Å². The van der Waals surface area contributed by atoms with Gasteiger partial charge in [-0.15, -0.1) is 0 Å². The number of fused-ring (bicyclic) bond motifs is 1. The van der Waals surface area contributed by atoms with Crippen molar-refractivity contribution >= 4 is 23.4 Å². The van der Waals surface area contributed by atoms with Crippen LogP contribution in [0, 0.1) is 0 Å². The molecule has 124 valence electrons. The number of amides is 1. The fraction of sp³-hybridized carbons (Fsp3) is 0.250. The van der Waals surface area contributed by atoms with Crippen LogP contribution in [0.2, 0.25) is 0 Å². The van der Waals surface area contributed by atoms with E-state index in [0.29, 0.717) is 29.7 Å². The Morgan fingerprint density at radius 2 is 1.88 bits per heavy atom. The molecule has 0 saturated heterocycles. The molecule has 1 heterocycles. The number of hydrogen-bond donors (Lipinski definition) is 1. The van der Waals surface area contributed by atoms with Gasteiger partial charge in [-0.05, 0) is 42.2 Å². The van der Waals surface area contributed by atoms with Crippen LogP contribution < -0.4 is 15.4 Å². The van der Waals surface area contributed by atoms with Crippen molar-refractivity contribution in [3.63, 3.8) is 0 Å². The van der Waals surface area contributed by atoms with Crippen molar-refractivity contribution in [2.24, 2.45) is 0 Å². The Bertz CT molecular complexity index is 792. The van der Waals surface area contributed by atoms with Gasteiger partial charge in [0.25, 0.3) is 5.91 Å². The molecule has 3 rings (SSSR count). The molecule has 0 fully saturated rings. The molecule has 1 amide bonds. The van der Waals surface area contributed by atoms with Crippen LogP contribution in [0.5, 0.6) is 5.75 Å². The van der Waals surface area contributed by atoms with E-state index in [2.05, 4.69) is 26.0 Å². The lowest BCUT2D eigenvalue weighted by Gasteiger charge is -2.29. The Morgan fingerprint density at radius 1 is 1.17 bits per heavy atom. The first-order valence-electron chi connectivity index (χ1n) is 8.20. The molecule has 2 N–H and O–H groups in total. The number of ether oxygens (including phenoxy) is 1. The molecule has 0 aliphatic carbocycles. The summed E-state index contributed by atoms with van der Waals surface area (Å²) in [5, 5.41) is 0. The molecule has 4 nitrogen and oxygen atoms in total. The minimum atomic E-state index is -0.136. The van der Waals surface area contributed by atoms with Crippen molar-refractivity contribution in [3.05, 3.63) is 59.4 Å². The van der Waals surface area contributed by atoms with E-state index in [1.54, 1.807) is 23.1 Å². The molecule has 2 aromatic carbocycles. The molecule has 2 aromatic rings. The van der Waals surface area contributed by atoms with Gasteiger partial charge in [0.05, 0.1) is 5.69 Å². The number of hydrogen-bond acceptors (Lipinski definition) is 3. The van der Waals surface area contributed by atoms with Gasteiger partial charge in [0.15, 0.2) is 11.5 Å². The highest BCUT2D eigenvalue weighted by Gasteiger charge is 2.29. The normalized spacial score (nSPS) is 15.6. The molecule has 0 atom stereocenters. The summed E-state index contributed by atoms with van der Waals surface area (Å²) in [5.41, 5.74) is 9.41. The van der Waals surface area contributed by atoms with E-state index in [0.717, 1.165) is 11.3 Å². The number of carbonyl (C=O) groups is 1. The molecule has 0 aromatic heterocycles. The van der Waals surface area contributed by atoms with E-state index in [9.17, 15) is 4.79 Å². The summed E-state index contributed by atoms with van der Waals surface area (Å²) >= 11 is 0. The van der Waals surface area contributed by atoms with Crippen molar-refractivity contribution in [2.75, 3.05) is 17.2 Å². The lowest BCUT2D eigenvalue weighted by atomic mass is 10.0. The van der Waals surface area contributed by atoms with Crippen LogP contribution in [-0.2, 0) is 4.79 Å². The fourth-order valence-corrected chi connectivity index (χ4v) is 2.77. The van der Waals surface area contributed by atoms with Crippen LogP contribution >= 0.6 is 0 Å². The Balaban J connectivity index is 1.97. The van der Waals surface area contributed by atoms with Crippen LogP contribution in [-0.4, -0.2) is 12.5 Å². The van der Waals surface area contributed by atoms with Crippen LogP contribution in [0.1, 0.15) is 37.8 Å². The zero-order valence-corrected chi connectivity index (χ0v) is 14.2. The van der Waals surface area contributed by atoms with E-state index in [1.165, 1.54) is 5.56 Å². The summed E-state index contributed by atoms with van der Waals surface area (Å²) in [7, 11) is 0. The lowest BCUT2D eigenvalue weighted by molar-refractivity contribution is -0.117. The summed E-state index contributed by atoms with van der Waals surface area (Å²) < 4.78 is 5.83. The van der Waals surface area contributed by atoms with E-state index < -0.39 is 0 Å². The fourth-order valence-electron chi connectivity index (χ4n) is 2.77. The zero-order chi connectivity index (χ0) is 17.3. The predicted molar refractivity (Wildman–Crippen MR) is 98.0 cm³/mol. The maximum atomic E-state index is 12.7. The number of nitrogens with zero attached hydrogens (tertiary/aromatic N) is 1. The van der Waals surface area contributed by atoms with Crippen molar-refractivity contribution in [2.45, 2.75) is 26.7 Å². The summed E-state index contributed by atoms with van der Waals surface area (Å²) in [4.78, 5) is 14.4. The van der Waals surface area contributed by atoms with Crippen LogP contribution in [0.3, 0.4) is 0 Å². The maximum absolute atomic E-state index is 12.7. The molecule has 24 heavy (non-hydrogen) atoms.